The topological polar surface area (TPSA) is 36.1 Å². The number of nitrogens with one attached hydrogen (secondary N) is 3. The highest BCUT2D eigenvalue weighted by Crippen LogP contribution is 2.28. The molecule has 1 aliphatic rings. The van der Waals surface area contributed by atoms with Crippen molar-refractivity contribution < 1.29 is 0 Å². The SMILES string of the molecule is c1cc2cc(c1)Nc1cccc(c1)Nc1cccc(c1)N2. The molecule has 6 bridgehead atoms. The van der Waals surface area contributed by atoms with Gasteiger partial charge >= 0.3 is 0 Å². The molecule has 0 unspecified atom stereocenters. The summed E-state index contributed by atoms with van der Waals surface area (Å²) in [5.74, 6) is 0. The summed E-state index contributed by atoms with van der Waals surface area (Å²) in [6.07, 6.45) is 0. The summed E-state index contributed by atoms with van der Waals surface area (Å²) < 4.78 is 0. The monoisotopic (exact) mass is 273 g/mol. The first-order valence-electron chi connectivity index (χ1n) is 6.96. The lowest BCUT2D eigenvalue weighted by Crippen LogP contribution is -1.97. The largest absolute Gasteiger partial charge is 0.355 e. The van der Waals surface area contributed by atoms with E-state index in [1.165, 1.54) is 0 Å². The Kier molecular flexibility index (Phi) is 2.75. The first-order chi connectivity index (χ1) is 10.3. The van der Waals surface area contributed by atoms with Gasteiger partial charge in [0.1, 0.15) is 0 Å². The molecular weight excluding hydrogens is 258 g/mol. The van der Waals surface area contributed by atoms with Gasteiger partial charge < -0.3 is 16.0 Å². The number of benzene rings is 3. The molecule has 0 aromatic heterocycles. The van der Waals surface area contributed by atoms with Crippen molar-refractivity contribution in [2.24, 2.45) is 0 Å². The van der Waals surface area contributed by atoms with Gasteiger partial charge in [-0.2, -0.15) is 0 Å². The lowest BCUT2D eigenvalue weighted by atomic mass is 10.2. The summed E-state index contributed by atoms with van der Waals surface area (Å²) in [5.41, 5.74) is 6.38. The fourth-order valence-electron chi connectivity index (χ4n) is 2.52. The lowest BCUT2D eigenvalue weighted by Gasteiger charge is -2.15. The molecule has 102 valence electrons. The highest BCUT2D eigenvalue weighted by atomic mass is 14.9. The highest BCUT2D eigenvalue weighted by Gasteiger charge is 2.03. The van der Waals surface area contributed by atoms with Crippen LogP contribution in [-0.2, 0) is 0 Å². The van der Waals surface area contributed by atoms with Gasteiger partial charge in [-0.3, -0.25) is 0 Å². The van der Waals surface area contributed by atoms with E-state index < -0.39 is 0 Å². The normalized spacial score (nSPS) is 12.0. The minimum atomic E-state index is 1.06. The minimum absolute atomic E-state index is 1.06. The summed E-state index contributed by atoms with van der Waals surface area (Å²) in [6, 6.07) is 24.8. The van der Waals surface area contributed by atoms with E-state index in [0.29, 0.717) is 0 Å². The van der Waals surface area contributed by atoms with Crippen molar-refractivity contribution in [3.05, 3.63) is 72.8 Å². The Morgan fingerprint density at radius 2 is 0.619 bits per heavy atom. The Bertz CT molecular complexity index is 636. The zero-order chi connectivity index (χ0) is 14.1. The van der Waals surface area contributed by atoms with Crippen LogP contribution in [0.25, 0.3) is 0 Å². The maximum Gasteiger partial charge on any atom is 0.0405 e. The van der Waals surface area contributed by atoms with Gasteiger partial charge in [0.25, 0.3) is 0 Å². The van der Waals surface area contributed by atoms with Crippen LogP contribution in [0.3, 0.4) is 0 Å². The van der Waals surface area contributed by atoms with E-state index in [9.17, 15) is 0 Å². The molecule has 3 heteroatoms. The van der Waals surface area contributed by atoms with Gasteiger partial charge in [0.2, 0.25) is 0 Å². The molecule has 0 saturated carbocycles. The van der Waals surface area contributed by atoms with Crippen LogP contribution < -0.4 is 16.0 Å². The maximum absolute atomic E-state index is 3.43. The second-order valence-electron chi connectivity index (χ2n) is 5.12. The Morgan fingerprint density at radius 3 is 0.857 bits per heavy atom. The lowest BCUT2D eigenvalue weighted by molar-refractivity contribution is 1.48. The summed E-state index contributed by atoms with van der Waals surface area (Å²) in [5, 5.41) is 10.3. The van der Waals surface area contributed by atoms with E-state index in [2.05, 4.69) is 70.5 Å². The van der Waals surface area contributed by atoms with Gasteiger partial charge in [-0.25, -0.2) is 0 Å². The van der Waals surface area contributed by atoms with Crippen LogP contribution in [0.2, 0.25) is 0 Å². The first kappa shape index (κ1) is 11.9. The molecule has 0 amide bonds. The zero-order valence-electron chi connectivity index (χ0n) is 11.4. The fourth-order valence-corrected chi connectivity index (χ4v) is 2.52. The molecule has 0 atom stereocenters. The molecule has 3 nitrogen and oxygen atoms in total. The third-order valence-electron chi connectivity index (χ3n) is 3.45. The molecule has 1 aliphatic heterocycles. The van der Waals surface area contributed by atoms with Crippen molar-refractivity contribution in [2.75, 3.05) is 16.0 Å². The number of hydrogen-bond donors (Lipinski definition) is 3. The van der Waals surface area contributed by atoms with E-state index in [4.69, 9.17) is 0 Å². The number of rotatable bonds is 0. The van der Waals surface area contributed by atoms with E-state index in [1.807, 2.05) is 18.2 Å². The van der Waals surface area contributed by atoms with Gasteiger partial charge in [-0.1, -0.05) is 18.2 Å². The van der Waals surface area contributed by atoms with Crippen molar-refractivity contribution in [3.63, 3.8) is 0 Å². The number of anilines is 6. The fraction of sp³-hybridized carbons (Fsp3) is 0. The van der Waals surface area contributed by atoms with Gasteiger partial charge in [-0.05, 0) is 54.6 Å². The van der Waals surface area contributed by atoms with Crippen LogP contribution in [0, 0.1) is 0 Å². The molecule has 0 radical (unpaired) electrons. The van der Waals surface area contributed by atoms with Crippen LogP contribution >= 0.6 is 0 Å². The molecule has 3 aromatic carbocycles. The average molecular weight is 273 g/mol. The molecule has 0 saturated heterocycles. The number of fused-ring (bicyclic) bond motifs is 6. The second kappa shape index (κ2) is 4.87. The smallest absolute Gasteiger partial charge is 0.0405 e. The molecule has 0 fully saturated rings. The van der Waals surface area contributed by atoms with Crippen molar-refractivity contribution in [3.8, 4) is 0 Å². The zero-order valence-corrected chi connectivity index (χ0v) is 11.4. The van der Waals surface area contributed by atoms with Gasteiger partial charge in [0.05, 0.1) is 0 Å². The van der Waals surface area contributed by atoms with Gasteiger partial charge in [0, 0.05) is 34.1 Å². The molecule has 3 aromatic rings. The van der Waals surface area contributed by atoms with Crippen molar-refractivity contribution >= 4 is 34.1 Å². The Morgan fingerprint density at radius 1 is 0.381 bits per heavy atom. The van der Waals surface area contributed by atoms with Crippen molar-refractivity contribution in [1.29, 1.82) is 0 Å². The standard InChI is InChI=1S/C18H15N3/c1-4-13-10-14(5-1)20-16-7-3-9-18(12-16)21-17-8-2-6-15(11-17)19-13/h1-12,19-21H. The second-order valence-corrected chi connectivity index (χ2v) is 5.12. The van der Waals surface area contributed by atoms with Crippen LogP contribution in [0.5, 0.6) is 0 Å². The third kappa shape index (κ3) is 2.54. The van der Waals surface area contributed by atoms with Crippen LogP contribution in [0.1, 0.15) is 0 Å². The van der Waals surface area contributed by atoms with Crippen LogP contribution in [0.15, 0.2) is 72.8 Å². The van der Waals surface area contributed by atoms with E-state index in [0.717, 1.165) is 34.1 Å². The van der Waals surface area contributed by atoms with Gasteiger partial charge in [-0.15, -0.1) is 0 Å². The first-order valence-corrected chi connectivity index (χ1v) is 6.96. The van der Waals surface area contributed by atoms with Crippen molar-refractivity contribution in [2.45, 2.75) is 0 Å². The molecule has 0 aliphatic carbocycles. The van der Waals surface area contributed by atoms with Crippen molar-refractivity contribution in [1.82, 2.24) is 0 Å². The minimum Gasteiger partial charge on any atom is -0.355 e. The Labute approximate surface area is 123 Å². The summed E-state index contributed by atoms with van der Waals surface area (Å²) in [7, 11) is 0. The summed E-state index contributed by atoms with van der Waals surface area (Å²) in [6.45, 7) is 0. The Hall–Kier alpha value is -2.94. The Balaban J connectivity index is 1.87. The molecule has 21 heavy (non-hydrogen) atoms. The third-order valence-corrected chi connectivity index (χ3v) is 3.45. The van der Waals surface area contributed by atoms with Crippen LogP contribution in [0.4, 0.5) is 34.1 Å². The van der Waals surface area contributed by atoms with E-state index >= 15 is 0 Å². The highest BCUT2D eigenvalue weighted by molar-refractivity contribution is 5.74. The average Bonchev–Trinajstić information content (AvgIpc) is 2.47. The molecule has 0 spiro atoms. The van der Waals surface area contributed by atoms with E-state index in [1.54, 1.807) is 0 Å². The summed E-state index contributed by atoms with van der Waals surface area (Å²) in [4.78, 5) is 0. The molecule has 3 N–H and O–H groups in total. The summed E-state index contributed by atoms with van der Waals surface area (Å²) >= 11 is 0. The molecule has 4 rings (SSSR count). The predicted molar refractivity (Wildman–Crippen MR) is 89.2 cm³/mol. The number of hydrogen-bond acceptors (Lipinski definition) is 3. The predicted octanol–water partition coefficient (Wildman–Crippen LogP) is 5.23. The quantitative estimate of drug-likeness (QED) is 0.410. The van der Waals surface area contributed by atoms with Crippen LogP contribution in [-0.4, -0.2) is 0 Å². The maximum atomic E-state index is 3.43. The van der Waals surface area contributed by atoms with E-state index in [-0.39, 0.29) is 0 Å². The van der Waals surface area contributed by atoms with Gasteiger partial charge in [0.15, 0.2) is 0 Å². The molecular formula is C18H15N3. The molecule has 1 heterocycles.